The predicted octanol–water partition coefficient (Wildman–Crippen LogP) is 3.10. The standard InChI is InChI=1S/C20H38N4O4.HI/c1-7-12-24(19(26)28-20(3,4)5)15-11-22-18(21-8-2)23-13-9-16(10-14-23)17(25)27-6;/h16H,7-15H2,1-6H3,(H,21,22);1H. The first kappa shape index (κ1) is 27.7. The molecule has 1 saturated heterocycles. The molecular formula is C20H39IN4O4. The van der Waals surface area contributed by atoms with E-state index in [0.29, 0.717) is 19.6 Å². The van der Waals surface area contributed by atoms with Crippen molar-refractivity contribution in [3.05, 3.63) is 0 Å². The number of hydrogen-bond acceptors (Lipinski definition) is 5. The summed E-state index contributed by atoms with van der Waals surface area (Å²) in [4.78, 5) is 32.6. The predicted molar refractivity (Wildman–Crippen MR) is 126 cm³/mol. The normalized spacial score (nSPS) is 15.4. The van der Waals surface area contributed by atoms with Gasteiger partial charge in [-0.25, -0.2) is 4.79 Å². The first-order chi connectivity index (χ1) is 13.2. The van der Waals surface area contributed by atoms with E-state index in [9.17, 15) is 9.59 Å². The minimum absolute atomic E-state index is 0. The number of carbonyl (C=O) groups is 2. The molecule has 1 aliphatic rings. The van der Waals surface area contributed by atoms with E-state index in [4.69, 9.17) is 14.5 Å². The summed E-state index contributed by atoms with van der Waals surface area (Å²) in [6.45, 7) is 13.6. The summed E-state index contributed by atoms with van der Waals surface area (Å²) in [7, 11) is 1.44. The number of guanidine groups is 1. The molecular weight excluding hydrogens is 487 g/mol. The van der Waals surface area contributed by atoms with Gasteiger partial charge in [0.2, 0.25) is 0 Å². The van der Waals surface area contributed by atoms with Gasteiger partial charge in [-0.3, -0.25) is 9.79 Å². The van der Waals surface area contributed by atoms with Crippen LogP contribution >= 0.6 is 24.0 Å². The van der Waals surface area contributed by atoms with Gasteiger partial charge in [0.1, 0.15) is 5.60 Å². The fourth-order valence-corrected chi connectivity index (χ4v) is 3.09. The van der Waals surface area contributed by atoms with Crippen LogP contribution in [0.3, 0.4) is 0 Å². The SMILES string of the molecule is CCCN(CCN=C(NCC)N1CCC(C(=O)OC)CC1)C(=O)OC(C)(C)C.I. The van der Waals surface area contributed by atoms with E-state index >= 15 is 0 Å². The summed E-state index contributed by atoms with van der Waals surface area (Å²) in [5.74, 6) is 0.664. The molecule has 170 valence electrons. The molecule has 1 heterocycles. The first-order valence-electron chi connectivity index (χ1n) is 10.3. The van der Waals surface area contributed by atoms with Gasteiger partial charge in [-0.1, -0.05) is 6.92 Å². The van der Waals surface area contributed by atoms with Gasteiger partial charge in [0.25, 0.3) is 0 Å². The van der Waals surface area contributed by atoms with Gasteiger partial charge in [0.05, 0.1) is 19.6 Å². The van der Waals surface area contributed by atoms with Crippen molar-refractivity contribution in [1.82, 2.24) is 15.1 Å². The van der Waals surface area contributed by atoms with Gasteiger partial charge in [0.15, 0.2) is 5.96 Å². The summed E-state index contributed by atoms with van der Waals surface area (Å²) in [6, 6.07) is 0. The average Bonchev–Trinajstić information content (AvgIpc) is 2.64. The molecule has 8 nitrogen and oxygen atoms in total. The molecule has 0 spiro atoms. The number of nitrogens with zero attached hydrogens (tertiary/aromatic N) is 3. The highest BCUT2D eigenvalue weighted by atomic mass is 127. The number of ether oxygens (including phenoxy) is 2. The summed E-state index contributed by atoms with van der Waals surface area (Å²) >= 11 is 0. The van der Waals surface area contributed by atoms with Crippen LogP contribution in [0.2, 0.25) is 0 Å². The highest BCUT2D eigenvalue weighted by Gasteiger charge is 2.27. The molecule has 29 heavy (non-hydrogen) atoms. The number of aliphatic imine (C=N–C) groups is 1. The van der Waals surface area contributed by atoms with Crippen LogP contribution in [0.5, 0.6) is 0 Å². The fourth-order valence-electron chi connectivity index (χ4n) is 3.09. The molecule has 0 bridgehead atoms. The number of esters is 1. The molecule has 0 aromatic heterocycles. The molecule has 0 unspecified atom stereocenters. The molecule has 9 heteroatoms. The van der Waals surface area contributed by atoms with Crippen molar-refractivity contribution in [2.24, 2.45) is 10.9 Å². The topological polar surface area (TPSA) is 83.5 Å². The molecule has 1 rings (SSSR count). The maximum absolute atomic E-state index is 12.4. The third kappa shape index (κ3) is 10.4. The lowest BCUT2D eigenvalue weighted by Crippen LogP contribution is -2.47. The average molecular weight is 526 g/mol. The Balaban J connectivity index is 0.00000784. The zero-order valence-corrected chi connectivity index (χ0v) is 21.2. The second-order valence-corrected chi connectivity index (χ2v) is 7.99. The zero-order chi connectivity index (χ0) is 21.2. The highest BCUT2D eigenvalue weighted by Crippen LogP contribution is 2.18. The van der Waals surface area contributed by atoms with E-state index in [1.165, 1.54) is 7.11 Å². The third-order valence-electron chi connectivity index (χ3n) is 4.44. The van der Waals surface area contributed by atoms with E-state index in [1.807, 2.05) is 34.6 Å². The van der Waals surface area contributed by atoms with Crippen LogP contribution < -0.4 is 5.32 Å². The number of rotatable bonds is 7. The van der Waals surface area contributed by atoms with Gasteiger partial charge in [-0.2, -0.15) is 0 Å². The number of nitrogens with one attached hydrogen (secondary N) is 1. The Labute approximate surface area is 192 Å². The van der Waals surface area contributed by atoms with Crippen molar-refractivity contribution in [3.63, 3.8) is 0 Å². The van der Waals surface area contributed by atoms with Gasteiger partial charge >= 0.3 is 12.1 Å². The number of piperidine rings is 1. The number of carbonyl (C=O) groups excluding carboxylic acids is 2. The smallest absolute Gasteiger partial charge is 0.410 e. The fraction of sp³-hybridized carbons (Fsp3) is 0.850. The highest BCUT2D eigenvalue weighted by molar-refractivity contribution is 14.0. The third-order valence-corrected chi connectivity index (χ3v) is 4.44. The Morgan fingerprint density at radius 3 is 2.28 bits per heavy atom. The van der Waals surface area contributed by atoms with E-state index in [1.54, 1.807) is 4.90 Å². The van der Waals surface area contributed by atoms with Crippen molar-refractivity contribution >= 4 is 42.0 Å². The molecule has 0 saturated carbocycles. The van der Waals surface area contributed by atoms with E-state index in [0.717, 1.165) is 44.9 Å². The Morgan fingerprint density at radius 2 is 1.79 bits per heavy atom. The first-order valence-corrected chi connectivity index (χ1v) is 10.3. The van der Waals surface area contributed by atoms with E-state index < -0.39 is 5.60 Å². The quantitative estimate of drug-likeness (QED) is 0.238. The van der Waals surface area contributed by atoms with Crippen LogP contribution in [-0.2, 0) is 14.3 Å². The number of likely N-dealkylation sites (tertiary alicyclic amines) is 1. The maximum atomic E-state index is 12.4. The maximum Gasteiger partial charge on any atom is 0.410 e. The molecule has 0 aromatic rings. The lowest BCUT2D eigenvalue weighted by atomic mass is 9.97. The molecule has 1 aliphatic heterocycles. The Bertz CT molecular complexity index is 529. The van der Waals surface area contributed by atoms with Crippen molar-refractivity contribution in [3.8, 4) is 0 Å². The number of methoxy groups -OCH3 is 1. The van der Waals surface area contributed by atoms with Gasteiger partial charge in [-0.05, 0) is 47.0 Å². The second kappa shape index (κ2) is 13.9. The van der Waals surface area contributed by atoms with Crippen LogP contribution in [0.15, 0.2) is 4.99 Å². The molecule has 0 atom stereocenters. The summed E-state index contributed by atoms with van der Waals surface area (Å²) in [5, 5.41) is 3.31. The van der Waals surface area contributed by atoms with Crippen LogP contribution in [-0.4, -0.2) is 79.8 Å². The summed E-state index contributed by atoms with van der Waals surface area (Å²) in [5.41, 5.74) is -0.509. The largest absolute Gasteiger partial charge is 0.469 e. The molecule has 0 radical (unpaired) electrons. The Hall–Kier alpha value is -1.26. The van der Waals surface area contributed by atoms with Gasteiger partial charge in [-0.15, -0.1) is 24.0 Å². The summed E-state index contributed by atoms with van der Waals surface area (Å²) in [6.07, 6.45) is 2.09. The molecule has 1 fully saturated rings. The summed E-state index contributed by atoms with van der Waals surface area (Å²) < 4.78 is 10.3. The second-order valence-electron chi connectivity index (χ2n) is 7.99. The Kier molecular flexibility index (Phi) is 13.3. The minimum atomic E-state index is -0.509. The lowest BCUT2D eigenvalue weighted by molar-refractivity contribution is -0.146. The van der Waals surface area contributed by atoms with Crippen LogP contribution in [0, 0.1) is 5.92 Å². The monoisotopic (exact) mass is 526 g/mol. The van der Waals surface area contributed by atoms with E-state index in [2.05, 4.69) is 10.2 Å². The number of halogens is 1. The lowest BCUT2D eigenvalue weighted by Gasteiger charge is -2.33. The van der Waals surface area contributed by atoms with E-state index in [-0.39, 0.29) is 42.0 Å². The molecule has 0 aliphatic carbocycles. The molecule has 1 amide bonds. The zero-order valence-electron chi connectivity index (χ0n) is 18.8. The number of hydrogen-bond donors (Lipinski definition) is 1. The van der Waals surface area contributed by atoms with Crippen molar-refractivity contribution in [2.75, 3.05) is 46.4 Å². The molecule has 0 aromatic carbocycles. The molecule has 1 N–H and O–H groups in total. The van der Waals surface area contributed by atoms with Crippen LogP contribution in [0.4, 0.5) is 4.79 Å². The van der Waals surface area contributed by atoms with Gasteiger partial charge in [0, 0.05) is 32.7 Å². The van der Waals surface area contributed by atoms with Crippen molar-refractivity contribution < 1.29 is 19.1 Å². The van der Waals surface area contributed by atoms with Crippen molar-refractivity contribution in [1.29, 1.82) is 0 Å². The van der Waals surface area contributed by atoms with Gasteiger partial charge < -0.3 is 24.6 Å². The van der Waals surface area contributed by atoms with Crippen LogP contribution in [0.1, 0.15) is 53.9 Å². The minimum Gasteiger partial charge on any atom is -0.469 e. The number of amides is 1. The van der Waals surface area contributed by atoms with Crippen molar-refractivity contribution in [2.45, 2.75) is 59.5 Å². The van der Waals surface area contributed by atoms with Crippen LogP contribution in [0.25, 0.3) is 0 Å². The Morgan fingerprint density at radius 1 is 1.17 bits per heavy atom.